The van der Waals surface area contributed by atoms with Crippen LogP contribution in [0, 0.1) is 11.3 Å². The Morgan fingerprint density at radius 1 is 1.18 bits per heavy atom. The van der Waals surface area contributed by atoms with E-state index < -0.39 is 11.9 Å². The molecule has 0 aliphatic carbocycles. The molecule has 0 amide bonds. The number of nitrogens with one attached hydrogen (secondary N) is 1. The van der Waals surface area contributed by atoms with Gasteiger partial charge in [0.2, 0.25) is 0 Å². The molecule has 0 saturated carbocycles. The minimum Gasteiger partial charge on any atom is -0.390 e. The molecule has 0 fully saturated rings. The third-order valence-corrected chi connectivity index (χ3v) is 4.33. The molecule has 6 nitrogen and oxygen atoms in total. The number of hydrogen-bond donors (Lipinski definition) is 2. The zero-order chi connectivity index (χ0) is 25.1. The van der Waals surface area contributed by atoms with E-state index in [0.29, 0.717) is 12.0 Å². The van der Waals surface area contributed by atoms with Crippen LogP contribution < -0.4 is 11.1 Å². The molecule has 0 saturated heterocycles. The molecule has 33 heavy (non-hydrogen) atoms. The summed E-state index contributed by atoms with van der Waals surface area (Å²) in [7, 11) is 5.38. The molecule has 2 aromatic heterocycles. The van der Waals surface area contributed by atoms with Crippen molar-refractivity contribution in [2.24, 2.45) is 10.7 Å². The predicted molar refractivity (Wildman–Crippen MR) is 127 cm³/mol. The van der Waals surface area contributed by atoms with Crippen LogP contribution in [0.15, 0.2) is 65.1 Å². The molecule has 176 valence electrons. The maximum Gasteiger partial charge on any atom is 0.433 e. The van der Waals surface area contributed by atoms with Crippen LogP contribution in [0.5, 0.6) is 0 Å². The highest BCUT2D eigenvalue weighted by molar-refractivity contribution is 7.10. The molecule has 0 aliphatic heterocycles. The van der Waals surface area contributed by atoms with Crippen molar-refractivity contribution in [3.05, 3.63) is 76.2 Å². The molecule has 0 radical (unpaired) electrons. The average Bonchev–Trinajstić information content (AvgIpc) is 3.29. The lowest BCUT2D eigenvalue weighted by atomic mass is 10.1. The first-order valence-electron chi connectivity index (χ1n) is 9.47. The molecule has 0 bridgehead atoms. The molecule has 2 heterocycles. The highest BCUT2D eigenvalue weighted by Gasteiger charge is 2.31. The molecule has 3 rings (SSSR count). The Morgan fingerprint density at radius 2 is 1.85 bits per heavy atom. The zero-order valence-corrected chi connectivity index (χ0v) is 19.3. The number of rotatable bonds is 3. The number of nitrogens with zero attached hydrogens (tertiary/aromatic N) is 3. The summed E-state index contributed by atoms with van der Waals surface area (Å²) in [5.41, 5.74) is 6.63. The van der Waals surface area contributed by atoms with Gasteiger partial charge in [-0.05, 0) is 60.9 Å². The van der Waals surface area contributed by atoms with Gasteiger partial charge in [0.1, 0.15) is 12.0 Å². The highest BCUT2D eigenvalue weighted by Crippen LogP contribution is 2.27. The van der Waals surface area contributed by atoms with Crippen molar-refractivity contribution in [1.29, 1.82) is 5.26 Å². The van der Waals surface area contributed by atoms with E-state index in [9.17, 15) is 18.0 Å². The summed E-state index contributed by atoms with van der Waals surface area (Å²) >= 11 is 1.57. The Morgan fingerprint density at radius 3 is 2.30 bits per heavy atom. The van der Waals surface area contributed by atoms with Gasteiger partial charge in [-0.25, -0.2) is 0 Å². The van der Waals surface area contributed by atoms with Gasteiger partial charge in [-0.15, -0.1) is 11.3 Å². The second kappa shape index (κ2) is 17.1. The number of pyridine rings is 1. The number of aldehydes is 1. The van der Waals surface area contributed by atoms with Crippen LogP contribution in [-0.4, -0.2) is 38.8 Å². The number of alkyl halides is 3. The largest absolute Gasteiger partial charge is 0.433 e. The minimum atomic E-state index is -4.32. The van der Waals surface area contributed by atoms with Crippen molar-refractivity contribution in [1.82, 2.24) is 10.3 Å². The summed E-state index contributed by atoms with van der Waals surface area (Å²) in [6, 6.07) is 15.2. The fraction of sp³-hybridized carbons (Fsp3) is 0.217. The standard InChI is InChI=1S/C13H9NOS.C6H4F3N.C2H6N2.C2H7N/c14-8-10-2-1-3-11(6-10)12-7-13(4-5-15)16-9-12;7-6(8,9)5-3-1-2-4-10-5;1-4-2-3;1-3-2/h1-3,5-7,9H,4H2;1-4H;2H,1H3,(H2,3,4);3H,1-2H3. The number of thiophene rings is 1. The molecule has 0 aliphatic rings. The minimum absolute atomic E-state index is 0.461. The summed E-state index contributed by atoms with van der Waals surface area (Å²) in [4.78, 5) is 17.9. The molecular weight excluding hydrogens is 451 g/mol. The fourth-order valence-electron chi connectivity index (χ4n) is 2.02. The third-order valence-electron chi connectivity index (χ3n) is 3.37. The Labute approximate surface area is 195 Å². The quantitative estimate of drug-likeness (QED) is 0.327. The van der Waals surface area contributed by atoms with Crippen LogP contribution in [0.1, 0.15) is 16.1 Å². The highest BCUT2D eigenvalue weighted by atomic mass is 32.1. The van der Waals surface area contributed by atoms with Gasteiger partial charge in [0.25, 0.3) is 0 Å². The summed E-state index contributed by atoms with van der Waals surface area (Å²) in [5, 5.41) is 13.6. The molecule has 3 aromatic rings. The Balaban J connectivity index is 0.000000514. The van der Waals surface area contributed by atoms with E-state index in [4.69, 9.17) is 11.0 Å². The van der Waals surface area contributed by atoms with Crippen LogP contribution in [0.4, 0.5) is 13.2 Å². The maximum absolute atomic E-state index is 11.7. The van der Waals surface area contributed by atoms with Crippen LogP contribution in [-0.2, 0) is 17.4 Å². The molecule has 0 unspecified atom stereocenters. The van der Waals surface area contributed by atoms with Crippen molar-refractivity contribution in [2.45, 2.75) is 12.6 Å². The molecule has 0 atom stereocenters. The molecule has 3 N–H and O–H groups in total. The van der Waals surface area contributed by atoms with Gasteiger partial charge in [0, 0.05) is 24.5 Å². The van der Waals surface area contributed by atoms with Gasteiger partial charge in [-0.2, -0.15) is 18.4 Å². The normalized spacial score (nSPS) is 9.85. The van der Waals surface area contributed by atoms with Crippen LogP contribution >= 0.6 is 11.3 Å². The Bertz CT molecular complexity index is 995. The van der Waals surface area contributed by atoms with E-state index in [1.807, 2.05) is 43.7 Å². The average molecular weight is 478 g/mol. The topological polar surface area (TPSA) is 104 Å². The third kappa shape index (κ3) is 12.8. The number of hydrogen-bond acceptors (Lipinski definition) is 6. The van der Waals surface area contributed by atoms with E-state index in [2.05, 4.69) is 21.4 Å². The maximum atomic E-state index is 11.7. The first kappa shape index (κ1) is 29.5. The SMILES string of the molecule is CN=CN.CNC.FC(F)(F)c1ccccn1.N#Cc1cccc(-c2csc(CC=O)c2)c1. The van der Waals surface area contributed by atoms with Crippen molar-refractivity contribution in [3.8, 4) is 17.2 Å². The summed E-state index contributed by atoms with van der Waals surface area (Å²) in [5.74, 6) is 0. The number of carbonyl (C=O) groups is 1. The lowest BCUT2D eigenvalue weighted by molar-refractivity contribution is -0.141. The molecule has 1 aromatic carbocycles. The first-order valence-corrected chi connectivity index (χ1v) is 10.4. The zero-order valence-electron chi connectivity index (χ0n) is 18.5. The second-order valence-corrected chi connectivity index (χ2v) is 6.98. The van der Waals surface area contributed by atoms with Gasteiger partial charge in [-0.3, -0.25) is 9.98 Å². The summed E-state index contributed by atoms with van der Waals surface area (Å²) in [6.45, 7) is 0. The molecule has 10 heteroatoms. The van der Waals surface area contributed by atoms with Gasteiger partial charge in [-0.1, -0.05) is 18.2 Å². The van der Waals surface area contributed by atoms with E-state index in [1.165, 1.54) is 18.5 Å². The van der Waals surface area contributed by atoms with Crippen LogP contribution in [0.25, 0.3) is 11.1 Å². The van der Waals surface area contributed by atoms with E-state index >= 15 is 0 Å². The number of nitrogens with two attached hydrogens (primary N) is 1. The van der Waals surface area contributed by atoms with Crippen LogP contribution in [0.3, 0.4) is 0 Å². The van der Waals surface area contributed by atoms with E-state index in [-0.39, 0.29) is 0 Å². The van der Waals surface area contributed by atoms with E-state index in [0.717, 1.165) is 34.6 Å². The fourth-order valence-corrected chi connectivity index (χ4v) is 2.86. The van der Waals surface area contributed by atoms with Gasteiger partial charge in [0.05, 0.1) is 18.0 Å². The van der Waals surface area contributed by atoms with Crippen molar-refractivity contribution in [2.75, 3.05) is 21.1 Å². The monoisotopic (exact) mass is 477 g/mol. The van der Waals surface area contributed by atoms with Crippen LogP contribution in [0.2, 0.25) is 0 Å². The second-order valence-electron chi connectivity index (χ2n) is 5.99. The first-order chi connectivity index (χ1) is 15.8. The summed E-state index contributed by atoms with van der Waals surface area (Å²) in [6.07, 6.45) is -0.589. The van der Waals surface area contributed by atoms with Gasteiger partial charge in [0.15, 0.2) is 0 Å². The predicted octanol–water partition coefficient (Wildman–Crippen LogP) is 4.57. The number of nitriles is 1. The van der Waals surface area contributed by atoms with Gasteiger partial charge >= 0.3 is 6.18 Å². The molecule has 0 spiro atoms. The van der Waals surface area contributed by atoms with Gasteiger partial charge < -0.3 is 15.8 Å². The van der Waals surface area contributed by atoms with Crippen molar-refractivity contribution >= 4 is 24.0 Å². The number of aliphatic imine (C=N–C) groups is 1. The number of carbonyl (C=O) groups excluding carboxylic acids is 1. The number of benzene rings is 1. The Kier molecular flexibility index (Phi) is 15.2. The lowest BCUT2D eigenvalue weighted by Gasteiger charge is -2.02. The number of aromatic nitrogens is 1. The van der Waals surface area contributed by atoms with E-state index in [1.54, 1.807) is 24.5 Å². The molecular formula is C23H26F3N5OS. The summed E-state index contributed by atoms with van der Waals surface area (Å²) < 4.78 is 35.2. The smallest absolute Gasteiger partial charge is 0.390 e. The lowest BCUT2D eigenvalue weighted by Crippen LogP contribution is -2.06. The van der Waals surface area contributed by atoms with Crippen molar-refractivity contribution in [3.63, 3.8) is 0 Å². The van der Waals surface area contributed by atoms with Crippen molar-refractivity contribution < 1.29 is 18.0 Å². The Hall–Kier alpha value is -3.55. The number of halogens is 3.